The summed E-state index contributed by atoms with van der Waals surface area (Å²) in [4.78, 5) is 11.4. The van der Waals surface area contributed by atoms with Crippen LogP contribution in [0.5, 0.6) is 5.75 Å². The van der Waals surface area contributed by atoms with E-state index in [0.29, 0.717) is 5.56 Å². The van der Waals surface area contributed by atoms with Crippen LogP contribution in [0.4, 0.5) is 0 Å². The van der Waals surface area contributed by atoms with Crippen LogP contribution >= 0.6 is 0 Å². The number of rotatable bonds is 2. The van der Waals surface area contributed by atoms with Crippen molar-refractivity contribution in [3.8, 4) is 28.7 Å². The molecular formula is C22H16O3. The van der Waals surface area contributed by atoms with E-state index in [2.05, 4.69) is 16.6 Å². The fourth-order valence-electron chi connectivity index (χ4n) is 2.35. The summed E-state index contributed by atoms with van der Waals surface area (Å²) in [6.45, 7) is 0. The molecule has 1 N–H and O–H groups in total. The van der Waals surface area contributed by atoms with Crippen molar-refractivity contribution >= 4 is 5.97 Å². The van der Waals surface area contributed by atoms with Crippen molar-refractivity contribution in [1.82, 2.24) is 0 Å². The lowest BCUT2D eigenvalue weighted by molar-refractivity contribution is 0.0600. The van der Waals surface area contributed by atoms with Gasteiger partial charge in [0.15, 0.2) is 0 Å². The summed E-state index contributed by atoms with van der Waals surface area (Å²) in [5.74, 6) is 6.08. The minimum absolute atomic E-state index is 0.254. The molecule has 0 aliphatic rings. The fraction of sp³-hybridized carbons (Fsp3) is 0.0455. The summed E-state index contributed by atoms with van der Waals surface area (Å²) in [7, 11) is 1.36. The Bertz CT molecular complexity index is 926. The molecule has 0 radical (unpaired) electrons. The van der Waals surface area contributed by atoms with Crippen LogP contribution in [-0.4, -0.2) is 18.2 Å². The Morgan fingerprint density at radius 3 is 1.68 bits per heavy atom. The third kappa shape index (κ3) is 4.07. The Kier molecular flexibility index (Phi) is 4.82. The van der Waals surface area contributed by atoms with Crippen LogP contribution in [0, 0.1) is 11.8 Å². The van der Waals surface area contributed by atoms with Crippen molar-refractivity contribution in [3.63, 3.8) is 0 Å². The van der Waals surface area contributed by atoms with Crippen LogP contribution in [0.3, 0.4) is 0 Å². The van der Waals surface area contributed by atoms with Gasteiger partial charge < -0.3 is 9.84 Å². The molecule has 25 heavy (non-hydrogen) atoms. The number of carbonyl (C=O) groups excluding carboxylic acids is 1. The molecule has 0 spiro atoms. The molecule has 3 nitrogen and oxygen atoms in total. The maximum Gasteiger partial charge on any atom is 0.337 e. The molecule has 0 amide bonds. The Labute approximate surface area is 146 Å². The Hall–Kier alpha value is -3.51. The van der Waals surface area contributed by atoms with E-state index >= 15 is 0 Å². The number of methoxy groups -OCH3 is 1. The number of esters is 1. The summed E-state index contributed by atoms with van der Waals surface area (Å²) < 4.78 is 4.67. The lowest BCUT2D eigenvalue weighted by Crippen LogP contribution is -2.00. The van der Waals surface area contributed by atoms with Crippen molar-refractivity contribution in [2.24, 2.45) is 0 Å². The van der Waals surface area contributed by atoms with E-state index in [9.17, 15) is 9.90 Å². The van der Waals surface area contributed by atoms with E-state index in [4.69, 9.17) is 0 Å². The summed E-state index contributed by atoms with van der Waals surface area (Å²) >= 11 is 0. The van der Waals surface area contributed by atoms with Crippen molar-refractivity contribution < 1.29 is 14.6 Å². The maximum absolute atomic E-state index is 11.4. The Morgan fingerprint density at radius 1 is 0.760 bits per heavy atom. The van der Waals surface area contributed by atoms with Gasteiger partial charge in [0.05, 0.1) is 12.7 Å². The van der Waals surface area contributed by atoms with Crippen molar-refractivity contribution in [3.05, 3.63) is 89.5 Å². The van der Waals surface area contributed by atoms with Gasteiger partial charge in [-0.1, -0.05) is 36.1 Å². The molecule has 0 unspecified atom stereocenters. The summed E-state index contributed by atoms with van der Waals surface area (Å²) in [5, 5.41) is 9.34. The van der Waals surface area contributed by atoms with Gasteiger partial charge >= 0.3 is 5.97 Å². The first kappa shape index (κ1) is 16.4. The largest absolute Gasteiger partial charge is 0.508 e. The average molecular weight is 328 g/mol. The zero-order valence-electron chi connectivity index (χ0n) is 13.7. The quantitative estimate of drug-likeness (QED) is 0.565. The molecule has 0 aliphatic heterocycles. The van der Waals surface area contributed by atoms with Crippen molar-refractivity contribution in [1.29, 1.82) is 0 Å². The average Bonchev–Trinajstić information content (AvgIpc) is 2.67. The van der Waals surface area contributed by atoms with E-state index < -0.39 is 0 Å². The van der Waals surface area contributed by atoms with Gasteiger partial charge in [-0.05, 0) is 59.7 Å². The molecule has 0 aromatic heterocycles. The highest BCUT2D eigenvalue weighted by atomic mass is 16.5. The molecule has 3 heteroatoms. The Balaban J connectivity index is 1.75. The molecule has 122 valence electrons. The van der Waals surface area contributed by atoms with Crippen LogP contribution in [-0.2, 0) is 4.74 Å². The summed E-state index contributed by atoms with van der Waals surface area (Å²) in [6, 6.07) is 22.0. The number of hydrogen-bond donors (Lipinski definition) is 1. The molecule has 3 aromatic rings. The number of ether oxygens (including phenoxy) is 1. The fourth-order valence-corrected chi connectivity index (χ4v) is 2.35. The van der Waals surface area contributed by atoms with Gasteiger partial charge in [0.1, 0.15) is 5.75 Å². The summed E-state index contributed by atoms with van der Waals surface area (Å²) in [5.41, 5.74) is 4.34. The third-order valence-corrected chi connectivity index (χ3v) is 3.74. The van der Waals surface area contributed by atoms with Gasteiger partial charge in [-0.25, -0.2) is 4.79 Å². The molecule has 0 bridgehead atoms. The van der Waals surface area contributed by atoms with Gasteiger partial charge in [0.2, 0.25) is 0 Å². The van der Waals surface area contributed by atoms with Crippen LogP contribution < -0.4 is 0 Å². The van der Waals surface area contributed by atoms with Gasteiger partial charge in [0, 0.05) is 11.1 Å². The van der Waals surface area contributed by atoms with E-state index in [1.807, 2.05) is 36.4 Å². The molecule has 0 saturated carbocycles. The topological polar surface area (TPSA) is 46.5 Å². The number of aromatic hydroxyl groups is 1. The minimum Gasteiger partial charge on any atom is -0.508 e. The zero-order valence-corrected chi connectivity index (χ0v) is 13.7. The summed E-state index contributed by atoms with van der Waals surface area (Å²) in [6.07, 6.45) is 0. The molecule has 0 fully saturated rings. The monoisotopic (exact) mass is 328 g/mol. The maximum atomic E-state index is 11.4. The van der Waals surface area contributed by atoms with Crippen molar-refractivity contribution in [2.75, 3.05) is 7.11 Å². The lowest BCUT2D eigenvalue weighted by Gasteiger charge is -2.02. The number of phenolic OH excluding ortho intramolecular Hbond substituents is 1. The first-order valence-corrected chi connectivity index (χ1v) is 7.75. The van der Waals surface area contributed by atoms with Crippen LogP contribution in [0.2, 0.25) is 0 Å². The molecule has 0 saturated heterocycles. The second kappa shape index (κ2) is 7.37. The highest BCUT2D eigenvalue weighted by Crippen LogP contribution is 2.22. The predicted molar refractivity (Wildman–Crippen MR) is 97.3 cm³/mol. The number of carbonyl (C=O) groups is 1. The van der Waals surface area contributed by atoms with E-state index in [1.165, 1.54) is 7.11 Å². The van der Waals surface area contributed by atoms with Gasteiger partial charge in [0.25, 0.3) is 0 Å². The van der Waals surface area contributed by atoms with E-state index in [1.54, 1.807) is 36.4 Å². The SMILES string of the molecule is COC(=O)c1ccc(C#Cc2ccc(-c3ccc(O)cc3)cc2)cc1. The van der Waals surface area contributed by atoms with E-state index in [-0.39, 0.29) is 11.7 Å². The zero-order chi connectivity index (χ0) is 17.6. The normalized spacial score (nSPS) is 9.80. The number of phenols is 1. The van der Waals surface area contributed by atoms with E-state index in [0.717, 1.165) is 22.3 Å². The molecular weight excluding hydrogens is 312 g/mol. The highest BCUT2D eigenvalue weighted by molar-refractivity contribution is 5.89. The lowest BCUT2D eigenvalue weighted by atomic mass is 10.0. The predicted octanol–water partition coefficient (Wildman–Crippen LogP) is 4.25. The Morgan fingerprint density at radius 2 is 1.20 bits per heavy atom. The first-order valence-electron chi connectivity index (χ1n) is 7.75. The molecule has 0 atom stereocenters. The van der Waals surface area contributed by atoms with Gasteiger partial charge in [-0.3, -0.25) is 0 Å². The molecule has 0 aliphatic carbocycles. The smallest absolute Gasteiger partial charge is 0.337 e. The molecule has 0 heterocycles. The van der Waals surface area contributed by atoms with Crippen LogP contribution in [0.1, 0.15) is 21.5 Å². The second-order valence-electron chi connectivity index (χ2n) is 5.44. The standard InChI is InChI=1S/C22H16O3/c1-25-22(24)20-10-6-17(7-11-20)3-2-16-4-8-18(9-5-16)19-12-14-21(23)15-13-19/h4-15,23H,1H3. The number of benzene rings is 3. The van der Waals surface area contributed by atoms with Crippen molar-refractivity contribution in [2.45, 2.75) is 0 Å². The second-order valence-corrected chi connectivity index (χ2v) is 5.44. The number of hydrogen-bond acceptors (Lipinski definition) is 3. The highest BCUT2D eigenvalue weighted by Gasteiger charge is 2.03. The molecule has 3 aromatic carbocycles. The molecule has 3 rings (SSSR count). The van der Waals surface area contributed by atoms with Crippen LogP contribution in [0.15, 0.2) is 72.8 Å². The third-order valence-electron chi connectivity index (χ3n) is 3.74. The first-order chi connectivity index (χ1) is 12.2. The minimum atomic E-state index is -0.357. The van der Waals surface area contributed by atoms with Crippen LogP contribution in [0.25, 0.3) is 11.1 Å². The van der Waals surface area contributed by atoms with Gasteiger partial charge in [-0.15, -0.1) is 0 Å². The van der Waals surface area contributed by atoms with Gasteiger partial charge in [-0.2, -0.15) is 0 Å².